The molecule has 4 aromatic rings. The number of benzene rings is 3. The number of carbonyl (C=O) groups is 2. The molecular weight excluding hydrogens is 516 g/mol. The zero-order valence-corrected chi connectivity index (χ0v) is 23.3. The Hall–Kier alpha value is -4.27. The lowest BCUT2D eigenvalue weighted by molar-refractivity contribution is -0.144. The van der Waals surface area contributed by atoms with Gasteiger partial charge in [0.05, 0.1) is 13.0 Å². The molecule has 8 heteroatoms. The van der Waals surface area contributed by atoms with Crippen LogP contribution in [-0.2, 0) is 27.2 Å². The molecule has 0 radical (unpaired) electrons. The third-order valence-electron chi connectivity index (χ3n) is 7.25. The lowest BCUT2D eigenvalue weighted by Gasteiger charge is -2.34. The van der Waals surface area contributed by atoms with Crippen molar-refractivity contribution < 1.29 is 19.1 Å². The second kappa shape index (κ2) is 13.9. The van der Waals surface area contributed by atoms with Crippen molar-refractivity contribution in [3.05, 3.63) is 102 Å². The number of aromatic nitrogens is 1. The third kappa shape index (κ3) is 7.90. The number of anilines is 2. The van der Waals surface area contributed by atoms with Crippen molar-refractivity contribution in [3.8, 4) is 0 Å². The van der Waals surface area contributed by atoms with Crippen LogP contribution in [0.25, 0.3) is 10.8 Å². The van der Waals surface area contributed by atoms with E-state index in [1.807, 2.05) is 42.7 Å². The minimum Gasteiger partial charge on any atom is -0.463 e. The highest BCUT2D eigenvalue weighted by atomic mass is 16.6. The number of methoxy groups -OCH3 is 1. The molecule has 1 unspecified atom stereocenters. The molecule has 1 aromatic heterocycles. The monoisotopic (exact) mass is 552 g/mol. The molecule has 3 aromatic carbocycles. The number of nitrogens with zero attached hydrogens (tertiary/aromatic N) is 2. The van der Waals surface area contributed by atoms with E-state index in [1.54, 1.807) is 19.2 Å². The fourth-order valence-electron chi connectivity index (χ4n) is 5.22. The van der Waals surface area contributed by atoms with Gasteiger partial charge in [-0.25, -0.2) is 0 Å². The van der Waals surface area contributed by atoms with Crippen molar-refractivity contribution in [3.63, 3.8) is 0 Å². The van der Waals surface area contributed by atoms with Crippen LogP contribution in [0.4, 0.5) is 11.4 Å². The van der Waals surface area contributed by atoms with E-state index in [4.69, 9.17) is 9.47 Å². The number of ether oxygens (including phenoxy) is 2. The quantitative estimate of drug-likeness (QED) is 0.193. The molecule has 0 bridgehead atoms. The average Bonchev–Trinajstić information content (AvgIpc) is 2.99. The molecule has 1 saturated heterocycles. The fraction of sp³-hybridized carbons (Fsp3) is 0.303. The van der Waals surface area contributed by atoms with Crippen LogP contribution < -0.4 is 10.6 Å². The van der Waals surface area contributed by atoms with Crippen LogP contribution in [0.5, 0.6) is 0 Å². The van der Waals surface area contributed by atoms with Gasteiger partial charge in [0.25, 0.3) is 5.91 Å². The molecule has 1 atom stereocenters. The smallest absolute Gasteiger partial charge is 0.310 e. The number of hydrogen-bond acceptors (Lipinski definition) is 7. The Balaban J connectivity index is 1.15. The molecule has 1 amide bonds. The topological polar surface area (TPSA) is 92.8 Å². The molecule has 1 fully saturated rings. The third-order valence-corrected chi connectivity index (χ3v) is 7.25. The van der Waals surface area contributed by atoms with Gasteiger partial charge in [0, 0.05) is 66.3 Å². The van der Waals surface area contributed by atoms with E-state index in [1.165, 1.54) is 5.39 Å². The molecular formula is C33H36N4O4. The molecule has 0 spiro atoms. The fourth-order valence-corrected chi connectivity index (χ4v) is 5.22. The highest BCUT2D eigenvalue weighted by Crippen LogP contribution is 2.25. The van der Waals surface area contributed by atoms with E-state index < -0.39 is 0 Å². The largest absolute Gasteiger partial charge is 0.463 e. The van der Waals surface area contributed by atoms with Crippen molar-refractivity contribution >= 4 is 34.0 Å². The number of amides is 1. The maximum atomic E-state index is 13.0. The number of carbonyl (C=O) groups excluding carboxylic acids is 2. The summed E-state index contributed by atoms with van der Waals surface area (Å²) < 4.78 is 10.00. The number of esters is 1. The van der Waals surface area contributed by atoms with Crippen molar-refractivity contribution in [1.29, 1.82) is 0 Å². The highest BCUT2D eigenvalue weighted by molar-refractivity contribution is 6.04. The molecule has 8 nitrogen and oxygen atoms in total. The summed E-state index contributed by atoms with van der Waals surface area (Å²) >= 11 is 0. The zero-order valence-electron chi connectivity index (χ0n) is 23.3. The molecule has 1 aliphatic rings. The minimum atomic E-state index is -0.308. The summed E-state index contributed by atoms with van der Waals surface area (Å²) in [6, 6.07) is 23.7. The van der Waals surface area contributed by atoms with Crippen LogP contribution in [0.2, 0.25) is 0 Å². The summed E-state index contributed by atoms with van der Waals surface area (Å²) in [5.41, 5.74) is 4.36. The van der Waals surface area contributed by atoms with E-state index in [0.717, 1.165) is 54.7 Å². The average molecular weight is 553 g/mol. The van der Waals surface area contributed by atoms with E-state index in [2.05, 4.69) is 50.8 Å². The molecule has 2 N–H and O–H groups in total. The molecule has 2 heterocycles. The first kappa shape index (κ1) is 28.3. The van der Waals surface area contributed by atoms with E-state index in [-0.39, 0.29) is 24.9 Å². The molecule has 0 aliphatic carbocycles. The highest BCUT2D eigenvalue weighted by Gasteiger charge is 2.21. The number of pyridine rings is 1. The number of piperidine rings is 1. The Bertz CT molecular complexity index is 1470. The van der Waals surface area contributed by atoms with Gasteiger partial charge in [-0.3, -0.25) is 19.5 Å². The molecule has 41 heavy (non-hydrogen) atoms. The Morgan fingerprint density at radius 3 is 2.71 bits per heavy atom. The van der Waals surface area contributed by atoms with Crippen molar-refractivity contribution in [2.45, 2.75) is 31.8 Å². The van der Waals surface area contributed by atoms with Crippen LogP contribution in [0.1, 0.15) is 34.3 Å². The first-order valence-electron chi connectivity index (χ1n) is 14.0. The molecule has 212 valence electrons. The van der Waals surface area contributed by atoms with Gasteiger partial charge in [-0.15, -0.1) is 0 Å². The van der Waals surface area contributed by atoms with E-state index >= 15 is 0 Å². The summed E-state index contributed by atoms with van der Waals surface area (Å²) in [5.74, 6) is -0.472. The van der Waals surface area contributed by atoms with Crippen LogP contribution in [-0.4, -0.2) is 61.2 Å². The normalized spacial score (nSPS) is 15.4. The Morgan fingerprint density at radius 2 is 1.85 bits per heavy atom. The summed E-state index contributed by atoms with van der Waals surface area (Å²) in [6.07, 6.45) is 6.14. The standard InChI is InChI=1S/C33H36N4O4/c1-40-17-18-41-32(38)20-24-10-12-28(13-11-24)36-33(39)26-6-2-5-25(19-26)22-37-16-4-8-29(23-37)35-31-9-3-7-27-21-34-15-14-30(27)31/h2-3,5-7,9-15,19,21,29,35H,4,8,16-18,20,22-23H2,1H3,(H,36,39). The number of likely N-dealkylation sites (tertiary alicyclic amines) is 1. The summed E-state index contributed by atoms with van der Waals surface area (Å²) in [6.45, 7) is 3.36. The van der Waals surface area contributed by atoms with Gasteiger partial charge < -0.3 is 20.1 Å². The van der Waals surface area contributed by atoms with Gasteiger partial charge in [0.1, 0.15) is 6.61 Å². The maximum absolute atomic E-state index is 13.0. The number of hydrogen-bond donors (Lipinski definition) is 2. The summed E-state index contributed by atoms with van der Waals surface area (Å²) in [4.78, 5) is 31.6. The van der Waals surface area contributed by atoms with E-state index in [9.17, 15) is 9.59 Å². The first-order valence-corrected chi connectivity index (χ1v) is 14.0. The van der Waals surface area contributed by atoms with Gasteiger partial charge in [0.2, 0.25) is 0 Å². The Labute approximate surface area is 240 Å². The lowest BCUT2D eigenvalue weighted by Crippen LogP contribution is -2.41. The number of fused-ring (bicyclic) bond motifs is 1. The van der Waals surface area contributed by atoms with Gasteiger partial charge in [-0.2, -0.15) is 0 Å². The molecule has 1 aliphatic heterocycles. The Morgan fingerprint density at radius 1 is 1.00 bits per heavy atom. The van der Waals surface area contributed by atoms with Gasteiger partial charge in [0.15, 0.2) is 0 Å². The van der Waals surface area contributed by atoms with Crippen molar-refractivity contribution in [2.75, 3.05) is 44.0 Å². The zero-order chi connectivity index (χ0) is 28.4. The minimum absolute atomic E-state index is 0.165. The lowest BCUT2D eigenvalue weighted by atomic mass is 10.0. The predicted octanol–water partition coefficient (Wildman–Crippen LogP) is 5.30. The van der Waals surface area contributed by atoms with Crippen molar-refractivity contribution in [1.82, 2.24) is 9.88 Å². The van der Waals surface area contributed by atoms with Gasteiger partial charge in [-0.05, 0) is 66.9 Å². The summed E-state index contributed by atoms with van der Waals surface area (Å²) in [7, 11) is 1.56. The predicted molar refractivity (Wildman–Crippen MR) is 161 cm³/mol. The Kier molecular flexibility index (Phi) is 9.57. The second-order valence-electron chi connectivity index (χ2n) is 10.4. The number of nitrogens with one attached hydrogen (secondary N) is 2. The van der Waals surface area contributed by atoms with Crippen LogP contribution in [0.3, 0.4) is 0 Å². The van der Waals surface area contributed by atoms with Crippen molar-refractivity contribution in [2.24, 2.45) is 0 Å². The van der Waals surface area contributed by atoms with Crippen LogP contribution in [0, 0.1) is 0 Å². The molecule has 5 rings (SSSR count). The van der Waals surface area contributed by atoms with Crippen LogP contribution >= 0.6 is 0 Å². The first-order chi connectivity index (χ1) is 20.1. The summed E-state index contributed by atoms with van der Waals surface area (Å²) in [5, 5.41) is 9.04. The molecule has 0 saturated carbocycles. The SMILES string of the molecule is COCCOC(=O)Cc1ccc(NC(=O)c2cccc(CN3CCCC(Nc4cccc5cnccc45)C3)c2)cc1. The van der Waals surface area contributed by atoms with Gasteiger partial charge in [-0.1, -0.05) is 36.4 Å². The second-order valence-corrected chi connectivity index (χ2v) is 10.4. The number of rotatable bonds is 11. The van der Waals surface area contributed by atoms with Gasteiger partial charge >= 0.3 is 5.97 Å². The van der Waals surface area contributed by atoms with E-state index in [0.29, 0.717) is 23.9 Å². The maximum Gasteiger partial charge on any atom is 0.310 e. The van der Waals surface area contributed by atoms with Crippen LogP contribution in [0.15, 0.2) is 85.2 Å².